The predicted octanol–water partition coefficient (Wildman–Crippen LogP) is 1.66. The van der Waals surface area contributed by atoms with Crippen LogP contribution in [-0.2, 0) is 6.54 Å². The van der Waals surface area contributed by atoms with Crippen LogP contribution in [-0.4, -0.2) is 9.97 Å². The molecule has 0 fully saturated rings. The molecule has 0 saturated carbocycles. The van der Waals surface area contributed by atoms with Gasteiger partial charge in [0.1, 0.15) is 5.01 Å². The van der Waals surface area contributed by atoms with Crippen LogP contribution in [0.2, 0.25) is 0 Å². The molecule has 0 amide bonds. The Balaban J connectivity index is 2.41. The van der Waals surface area contributed by atoms with Crippen LogP contribution in [0.4, 0.5) is 0 Å². The van der Waals surface area contributed by atoms with E-state index in [-0.39, 0.29) is 0 Å². The van der Waals surface area contributed by atoms with Gasteiger partial charge < -0.3 is 5.73 Å². The largest absolute Gasteiger partial charge is 0.325 e. The molecular formula is C9H9N3S. The summed E-state index contributed by atoms with van der Waals surface area (Å²) in [5.74, 6) is 0. The highest BCUT2D eigenvalue weighted by atomic mass is 32.1. The fourth-order valence-electron chi connectivity index (χ4n) is 1.09. The van der Waals surface area contributed by atoms with Gasteiger partial charge in [-0.15, -0.1) is 11.3 Å². The lowest BCUT2D eigenvalue weighted by Crippen LogP contribution is -1.98. The Kier molecular flexibility index (Phi) is 2.33. The molecule has 4 heteroatoms. The third-order valence-corrected chi connectivity index (χ3v) is 2.53. The Morgan fingerprint density at radius 1 is 1.31 bits per heavy atom. The van der Waals surface area contributed by atoms with Crippen LogP contribution in [0.25, 0.3) is 10.6 Å². The second kappa shape index (κ2) is 3.64. The molecule has 0 bridgehead atoms. The summed E-state index contributed by atoms with van der Waals surface area (Å²) in [5.41, 5.74) is 7.48. The van der Waals surface area contributed by atoms with E-state index < -0.39 is 0 Å². The third-order valence-electron chi connectivity index (χ3n) is 1.70. The number of nitrogens with two attached hydrogens (primary N) is 1. The second-order valence-corrected chi connectivity index (χ2v) is 3.47. The molecule has 0 unspecified atom stereocenters. The molecule has 0 aliphatic heterocycles. The standard InChI is InChI=1S/C9H9N3S/c10-6-8-5-7(1-2-11-8)9-12-3-4-13-9/h1-5H,6,10H2. The molecule has 0 aromatic carbocycles. The SMILES string of the molecule is NCc1cc(-c2nccs2)ccn1. The summed E-state index contributed by atoms with van der Waals surface area (Å²) in [7, 11) is 0. The van der Waals surface area contributed by atoms with Crippen LogP contribution in [0.15, 0.2) is 29.9 Å². The first-order chi connectivity index (χ1) is 6.40. The van der Waals surface area contributed by atoms with Crippen molar-refractivity contribution < 1.29 is 0 Å². The number of aromatic nitrogens is 2. The highest BCUT2D eigenvalue weighted by Crippen LogP contribution is 2.21. The molecule has 0 radical (unpaired) electrons. The minimum absolute atomic E-state index is 0.471. The Bertz CT molecular complexity index is 384. The van der Waals surface area contributed by atoms with E-state index in [2.05, 4.69) is 9.97 Å². The van der Waals surface area contributed by atoms with Gasteiger partial charge in [-0.3, -0.25) is 4.98 Å². The first-order valence-corrected chi connectivity index (χ1v) is 4.83. The Labute approximate surface area is 80.3 Å². The molecule has 0 aliphatic carbocycles. The van der Waals surface area contributed by atoms with Gasteiger partial charge in [-0.2, -0.15) is 0 Å². The maximum Gasteiger partial charge on any atom is 0.123 e. The summed E-state index contributed by atoms with van der Waals surface area (Å²) < 4.78 is 0. The van der Waals surface area contributed by atoms with Crippen molar-refractivity contribution in [3.05, 3.63) is 35.6 Å². The van der Waals surface area contributed by atoms with Gasteiger partial charge in [-0.1, -0.05) is 0 Å². The van der Waals surface area contributed by atoms with Crippen molar-refractivity contribution in [1.82, 2.24) is 9.97 Å². The van der Waals surface area contributed by atoms with E-state index in [9.17, 15) is 0 Å². The van der Waals surface area contributed by atoms with Crippen LogP contribution in [0.3, 0.4) is 0 Å². The molecule has 2 aromatic rings. The van der Waals surface area contributed by atoms with E-state index in [1.165, 1.54) is 0 Å². The molecule has 0 aliphatic rings. The van der Waals surface area contributed by atoms with Crippen molar-refractivity contribution in [1.29, 1.82) is 0 Å². The molecule has 0 saturated heterocycles. The van der Waals surface area contributed by atoms with Crippen molar-refractivity contribution in [3.63, 3.8) is 0 Å². The maximum atomic E-state index is 5.49. The summed E-state index contributed by atoms with van der Waals surface area (Å²) in [4.78, 5) is 8.33. The fraction of sp³-hybridized carbons (Fsp3) is 0.111. The zero-order valence-electron chi connectivity index (χ0n) is 6.97. The van der Waals surface area contributed by atoms with Gasteiger partial charge in [-0.05, 0) is 12.1 Å². The molecule has 2 heterocycles. The number of rotatable bonds is 2. The average Bonchev–Trinajstić information content (AvgIpc) is 2.71. The van der Waals surface area contributed by atoms with Crippen molar-refractivity contribution in [3.8, 4) is 10.6 Å². The summed E-state index contributed by atoms with van der Waals surface area (Å²) in [5, 5.41) is 2.97. The molecule has 0 spiro atoms. The normalized spacial score (nSPS) is 10.2. The van der Waals surface area contributed by atoms with Crippen molar-refractivity contribution in [2.24, 2.45) is 5.73 Å². The summed E-state index contributed by atoms with van der Waals surface area (Å²) in [6.07, 6.45) is 3.56. The van der Waals surface area contributed by atoms with Crippen LogP contribution in [0.5, 0.6) is 0 Å². The first-order valence-electron chi connectivity index (χ1n) is 3.95. The first kappa shape index (κ1) is 8.34. The van der Waals surface area contributed by atoms with Gasteiger partial charge >= 0.3 is 0 Å². The topological polar surface area (TPSA) is 51.8 Å². The lowest BCUT2D eigenvalue weighted by atomic mass is 10.2. The quantitative estimate of drug-likeness (QED) is 0.785. The van der Waals surface area contributed by atoms with E-state index in [4.69, 9.17) is 5.73 Å². The molecule has 3 nitrogen and oxygen atoms in total. The van der Waals surface area contributed by atoms with Crippen LogP contribution >= 0.6 is 11.3 Å². The molecule has 2 aromatic heterocycles. The molecule has 2 rings (SSSR count). The van der Waals surface area contributed by atoms with Crippen molar-refractivity contribution >= 4 is 11.3 Å². The number of hydrogen-bond acceptors (Lipinski definition) is 4. The Hall–Kier alpha value is -1.26. The zero-order valence-corrected chi connectivity index (χ0v) is 7.79. The third kappa shape index (κ3) is 1.74. The van der Waals surface area contributed by atoms with Gasteiger partial charge in [-0.25, -0.2) is 4.98 Å². The fourth-order valence-corrected chi connectivity index (χ4v) is 1.72. The minimum atomic E-state index is 0.471. The summed E-state index contributed by atoms with van der Waals surface area (Å²) in [6, 6.07) is 3.91. The highest BCUT2D eigenvalue weighted by Gasteiger charge is 2.00. The maximum absolute atomic E-state index is 5.49. The van der Waals surface area contributed by atoms with E-state index in [1.54, 1.807) is 23.7 Å². The lowest BCUT2D eigenvalue weighted by molar-refractivity contribution is 0.991. The molecule has 66 valence electrons. The van der Waals surface area contributed by atoms with E-state index >= 15 is 0 Å². The van der Waals surface area contributed by atoms with Gasteiger partial charge in [0.15, 0.2) is 0 Å². The van der Waals surface area contributed by atoms with Crippen molar-refractivity contribution in [2.75, 3.05) is 0 Å². The van der Waals surface area contributed by atoms with Gasteiger partial charge in [0.05, 0.1) is 5.69 Å². The molecule has 0 atom stereocenters. The van der Waals surface area contributed by atoms with Gasteiger partial charge in [0, 0.05) is 29.9 Å². The number of thiazole rings is 1. The second-order valence-electron chi connectivity index (χ2n) is 2.58. The number of hydrogen-bond donors (Lipinski definition) is 1. The van der Waals surface area contributed by atoms with Gasteiger partial charge in [0.25, 0.3) is 0 Å². The zero-order chi connectivity index (χ0) is 9.10. The lowest BCUT2D eigenvalue weighted by Gasteiger charge is -1.98. The average molecular weight is 191 g/mol. The number of pyridine rings is 1. The van der Waals surface area contributed by atoms with Crippen molar-refractivity contribution in [2.45, 2.75) is 6.54 Å². The van der Waals surface area contributed by atoms with Crippen LogP contribution in [0, 0.1) is 0 Å². The van der Waals surface area contributed by atoms with E-state index in [1.807, 2.05) is 17.5 Å². The molecule has 2 N–H and O–H groups in total. The monoisotopic (exact) mass is 191 g/mol. The Morgan fingerprint density at radius 3 is 2.92 bits per heavy atom. The highest BCUT2D eigenvalue weighted by molar-refractivity contribution is 7.13. The molecular weight excluding hydrogens is 182 g/mol. The van der Waals surface area contributed by atoms with Crippen LogP contribution < -0.4 is 5.73 Å². The summed E-state index contributed by atoms with van der Waals surface area (Å²) >= 11 is 1.62. The summed E-state index contributed by atoms with van der Waals surface area (Å²) in [6.45, 7) is 0.471. The minimum Gasteiger partial charge on any atom is -0.325 e. The predicted molar refractivity (Wildman–Crippen MR) is 53.2 cm³/mol. The number of nitrogens with zero attached hydrogens (tertiary/aromatic N) is 2. The smallest absolute Gasteiger partial charge is 0.123 e. The van der Waals surface area contributed by atoms with Gasteiger partial charge in [0.2, 0.25) is 0 Å². The van der Waals surface area contributed by atoms with E-state index in [0.717, 1.165) is 16.3 Å². The van der Waals surface area contributed by atoms with Crippen LogP contribution in [0.1, 0.15) is 5.69 Å². The van der Waals surface area contributed by atoms with E-state index in [0.29, 0.717) is 6.54 Å². The Morgan fingerprint density at radius 2 is 2.23 bits per heavy atom. The molecule has 13 heavy (non-hydrogen) atoms.